The highest BCUT2D eigenvalue weighted by Gasteiger charge is 2.34. The van der Waals surface area contributed by atoms with Gasteiger partial charge in [-0.2, -0.15) is 0 Å². The van der Waals surface area contributed by atoms with Crippen LogP contribution in [0, 0.1) is 6.92 Å². The number of esters is 1. The Balaban J connectivity index is 2.00. The molecule has 0 saturated carbocycles. The second-order valence-electron chi connectivity index (χ2n) is 6.54. The SMILES string of the molecule is CCOC(=O)C1=C(O)/C(=C/c2ccc(OC)c(Cl)c2)SC1=NC(=O)c1ccc(C)cc1. The lowest BCUT2D eigenvalue weighted by Crippen LogP contribution is -2.14. The van der Waals surface area contributed by atoms with E-state index in [9.17, 15) is 14.7 Å². The molecule has 1 aliphatic heterocycles. The first kappa shape index (κ1) is 22.7. The van der Waals surface area contributed by atoms with Gasteiger partial charge in [0.25, 0.3) is 5.91 Å². The van der Waals surface area contributed by atoms with Crippen molar-refractivity contribution in [2.45, 2.75) is 13.8 Å². The van der Waals surface area contributed by atoms with E-state index < -0.39 is 11.9 Å². The molecule has 3 rings (SSSR count). The number of amides is 1. The Hall–Kier alpha value is -3.03. The van der Waals surface area contributed by atoms with Crippen molar-refractivity contribution >= 4 is 46.4 Å². The van der Waals surface area contributed by atoms with E-state index in [2.05, 4.69) is 4.99 Å². The van der Waals surface area contributed by atoms with Crippen LogP contribution in [0.3, 0.4) is 0 Å². The number of carbonyl (C=O) groups is 2. The van der Waals surface area contributed by atoms with E-state index >= 15 is 0 Å². The number of thioether (sulfide) groups is 1. The van der Waals surface area contributed by atoms with Gasteiger partial charge in [0.05, 0.1) is 23.6 Å². The van der Waals surface area contributed by atoms with Crippen LogP contribution in [0.2, 0.25) is 5.02 Å². The highest BCUT2D eigenvalue weighted by Crippen LogP contribution is 2.40. The van der Waals surface area contributed by atoms with Gasteiger partial charge < -0.3 is 14.6 Å². The number of aryl methyl sites for hydroxylation is 1. The first-order valence-electron chi connectivity index (χ1n) is 9.38. The van der Waals surface area contributed by atoms with Crippen molar-refractivity contribution in [1.29, 1.82) is 0 Å². The van der Waals surface area contributed by atoms with E-state index in [4.69, 9.17) is 21.1 Å². The number of nitrogens with zero attached hydrogens (tertiary/aromatic N) is 1. The smallest absolute Gasteiger partial charge is 0.344 e. The molecule has 8 heteroatoms. The minimum Gasteiger partial charge on any atom is -0.506 e. The van der Waals surface area contributed by atoms with Crippen LogP contribution in [0.15, 0.2) is 63.7 Å². The zero-order valence-corrected chi connectivity index (χ0v) is 18.7. The van der Waals surface area contributed by atoms with Crippen LogP contribution in [-0.2, 0) is 9.53 Å². The Morgan fingerprint density at radius 2 is 1.90 bits per heavy atom. The number of halogens is 1. The molecule has 6 nitrogen and oxygen atoms in total. The normalized spacial score (nSPS) is 16.1. The van der Waals surface area contributed by atoms with E-state index in [1.807, 2.05) is 6.92 Å². The van der Waals surface area contributed by atoms with Gasteiger partial charge in [-0.25, -0.2) is 9.79 Å². The number of ether oxygens (including phenoxy) is 2. The van der Waals surface area contributed by atoms with Crippen molar-refractivity contribution in [2.24, 2.45) is 4.99 Å². The fourth-order valence-electron chi connectivity index (χ4n) is 2.77. The summed E-state index contributed by atoms with van der Waals surface area (Å²) in [6, 6.07) is 12.0. The summed E-state index contributed by atoms with van der Waals surface area (Å²) in [7, 11) is 1.51. The molecule has 2 aromatic rings. The van der Waals surface area contributed by atoms with E-state index in [-0.39, 0.29) is 23.0 Å². The molecule has 0 radical (unpaired) electrons. The zero-order chi connectivity index (χ0) is 22.5. The fraction of sp³-hybridized carbons (Fsp3) is 0.174. The minimum absolute atomic E-state index is 0.0763. The first-order chi connectivity index (χ1) is 14.8. The molecular weight excluding hydrogens is 438 g/mol. The second kappa shape index (κ2) is 9.85. The molecule has 0 spiro atoms. The largest absolute Gasteiger partial charge is 0.506 e. The molecule has 1 amide bonds. The summed E-state index contributed by atoms with van der Waals surface area (Å²) in [5.74, 6) is -1.06. The summed E-state index contributed by atoms with van der Waals surface area (Å²) in [4.78, 5) is 29.5. The van der Waals surface area contributed by atoms with Crippen LogP contribution in [0.1, 0.15) is 28.4 Å². The van der Waals surface area contributed by atoms with Crippen LogP contribution in [0.4, 0.5) is 0 Å². The molecule has 31 heavy (non-hydrogen) atoms. The number of hydrogen-bond acceptors (Lipinski definition) is 6. The molecule has 2 aromatic carbocycles. The Kier molecular flexibility index (Phi) is 7.20. The van der Waals surface area contributed by atoms with Crippen molar-refractivity contribution in [3.63, 3.8) is 0 Å². The Morgan fingerprint density at radius 1 is 1.19 bits per heavy atom. The van der Waals surface area contributed by atoms with E-state index in [0.29, 0.717) is 26.8 Å². The Bertz CT molecular complexity index is 1120. The highest BCUT2D eigenvalue weighted by molar-refractivity contribution is 8.18. The first-order valence-corrected chi connectivity index (χ1v) is 10.6. The molecule has 0 aromatic heterocycles. The zero-order valence-electron chi connectivity index (χ0n) is 17.1. The number of hydrogen-bond donors (Lipinski definition) is 1. The van der Waals surface area contributed by atoms with E-state index in [0.717, 1.165) is 17.3 Å². The van der Waals surface area contributed by atoms with Crippen molar-refractivity contribution in [1.82, 2.24) is 0 Å². The third-order valence-corrected chi connectivity index (χ3v) is 5.66. The number of rotatable bonds is 5. The van der Waals surface area contributed by atoms with Gasteiger partial charge in [0.2, 0.25) is 0 Å². The molecule has 0 unspecified atom stereocenters. The van der Waals surface area contributed by atoms with Crippen LogP contribution >= 0.6 is 23.4 Å². The average molecular weight is 458 g/mol. The fourth-order valence-corrected chi connectivity index (χ4v) is 4.05. The molecule has 1 N–H and O–H groups in total. The Morgan fingerprint density at radius 3 is 2.52 bits per heavy atom. The maximum absolute atomic E-state index is 12.6. The number of methoxy groups -OCH3 is 1. The summed E-state index contributed by atoms with van der Waals surface area (Å²) in [5, 5.41) is 11.2. The maximum Gasteiger partial charge on any atom is 0.344 e. The van der Waals surface area contributed by atoms with Crippen LogP contribution in [0.5, 0.6) is 5.75 Å². The molecule has 1 aliphatic rings. The molecule has 160 valence electrons. The lowest BCUT2D eigenvalue weighted by molar-refractivity contribution is -0.138. The van der Waals surface area contributed by atoms with Crippen molar-refractivity contribution < 1.29 is 24.2 Å². The monoisotopic (exact) mass is 457 g/mol. The summed E-state index contributed by atoms with van der Waals surface area (Å²) < 4.78 is 10.2. The number of aliphatic hydroxyl groups excluding tert-OH is 1. The number of carbonyl (C=O) groups excluding carboxylic acids is 2. The predicted molar refractivity (Wildman–Crippen MR) is 123 cm³/mol. The number of benzene rings is 2. The van der Waals surface area contributed by atoms with Gasteiger partial charge in [-0.15, -0.1) is 0 Å². The van der Waals surface area contributed by atoms with Gasteiger partial charge in [-0.05, 0) is 49.8 Å². The average Bonchev–Trinajstić information content (AvgIpc) is 3.03. The quantitative estimate of drug-likeness (QED) is 0.608. The van der Waals surface area contributed by atoms with Gasteiger partial charge in [0.1, 0.15) is 22.1 Å². The van der Waals surface area contributed by atoms with Crippen molar-refractivity contribution in [3.8, 4) is 5.75 Å². The van der Waals surface area contributed by atoms with Crippen molar-refractivity contribution in [3.05, 3.63) is 80.4 Å². The molecule has 0 saturated heterocycles. The van der Waals surface area contributed by atoms with Gasteiger partial charge in [0.15, 0.2) is 0 Å². The highest BCUT2D eigenvalue weighted by atomic mass is 35.5. The maximum atomic E-state index is 12.6. The number of aliphatic hydroxyl groups is 1. The standard InChI is InChI=1S/C23H20ClNO5S/c1-4-30-23(28)19-20(26)18(12-14-7-10-17(29-3)16(24)11-14)31-22(19)25-21(27)15-8-5-13(2)6-9-15/h5-12,26H,4H2,1-3H3/b18-12-,25-22?. The third-order valence-electron chi connectivity index (χ3n) is 4.35. The van der Waals surface area contributed by atoms with E-state index in [1.54, 1.807) is 55.5 Å². The molecule has 0 aliphatic carbocycles. The van der Waals surface area contributed by atoms with Gasteiger partial charge in [-0.1, -0.05) is 47.1 Å². The van der Waals surface area contributed by atoms with E-state index in [1.165, 1.54) is 7.11 Å². The minimum atomic E-state index is -0.751. The lowest BCUT2D eigenvalue weighted by Gasteiger charge is -2.04. The Labute approximate surface area is 189 Å². The molecule has 1 heterocycles. The molecule has 0 atom stereocenters. The summed E-state index contributed by atoms with van der Waals surface area (Å²) >= 11 is 7.18. The molecular formula is C23H20ClNO5S. The van der Waals surface area contributed by atoms with Gasteiger partial charge in [0, 0.05) is 5.56 Å². The van der Waals surface area contributed by atoms with Crippen LogP contribution in [-0.4, -0.2) is 35.7 Å². The lowest BCUT2D eigenvalue weighted by atomic mass is 10.1. The molecule has 0 fully saturated rings. The van der Waals surface area contributed by atoms with Gasteiger partial charge >= 0.3 is 5.97 Å². The second-order valence-corrected chi connectivity index (χ2v) is 7.97. The van der Waals surface area contributed by atoms with Crippen LogP contribution in [0.25, 0.3) is 6.08 Å². The molecule has 0 bridgehead atoms. The summed E-state index contributed by atoms with van der Waals surface area (Å²) in [6.45, 7) is 3.68. The summed E-state index contributed by atoms with van der Waals surface area (Å²) in [6.07, 6.45) is 1.64. The van der Waals surface area contributed by atoms with Gasteiger partial charge in [-0.3, -0.25) is 4.79 Å². The van der Waals surface area contributed by atoms with Crippen LogP contribution < -0.4 is 4.74 Å². The third kappa shape index (κ3) is 5.18. The topological polar surface area (TPSA) is 85.2 Å². The number of aliphatic imine (C=N–C) groups is 1. The predicted octanol–water partition coefficient (Wildman–Crippen LogP) is 5.36. The van der Waals surface area contributed by atoms with Crippen molar-refractivity contribution in [2.75, 3.05) is 13.7 Å². The summed E-state index contributed by atoms with van der Waals surface area (Å²) in [5.41, 5.74) is 1.92.